The molecule has 0 aromatic heterocycles. The van der Waals surface area contributed by atoms with Gasteiger partial charge in [0.05, 0.1) is 0 Å². The van der Waals surface area contributed by atoms with Gasteiger partial charge in [0.1, 0.15) is 7.85 Å². The minimum absolute atomic E-state index is 1.25. The van der Waals surface area contributed by atoms with Crippen LogP contribution in [0.4, 0.5) is 0 Å². The van der Waals surface area contributed by atoms with Gasteiger partial charge in [0.15, 0.2) is 0 Å². The molecule has 0 saturated carbocycles. The highest BCUT2D eigenvalue weighted by Gasteiger charge is 2.19. The first-order valence-corrected chi connectivity index (χ1v) is 12.2. The van der Waals surface area contributed by atoms with E-state index in [0.717, 1.165) is 0 Å². The summed E-state index contributed by atoms with van der Waals surface area (Å²) in [6.45, 7) is 0. The van der Waals surface area contributed by atoms with Crippen LogP contribution in [0.2, 0.25) is 0 Å². The molecule has 0 aliphatic carbocycles. The molecule has 35 heavy (non-hydrogen) atoms. The summed E-state index contributed by atoms with van der Waals surface area (Å²) in [5, 5.41) is 8.01. The molecule has 0 atom stereocenters. The van der Waals surface area contributed by atoms with Crippen LogP contribution < -0.4 is 5.46 Å². The third-order valence-electron chi connectivity index (χ3n) is 7.36. The molecule has 1 heteroatoms. The first-order valence-electron chi connectivity index (χ1n) is 12.2. The van der Waals surface area contributed by atoms with Crippen molar-refractivity contribution in [2.45, 2.75) is 0 Å². The lowest BCUT2D eigenvalue weighted by Crippen LogP contribution is -2.06. The van der Waals surface area contributed by atoms with Gasteiger partial charge in [-0.1, -0.05) is 127 Å². The standard InChI is InChI=1S/C34H23B/c35-32-21-31(24-14-8-3-9-15-24)27-17-16-25-29(22-10-4-1-5-11-22)20-30(23-12-6-2-7-13-23)26-18-19-28(32)34(27)33(25)26/h1-21H,35H2. The summed E-state index contributed by atoms with van der Waals surface area (Å²) in [4.78, 5) is 0. The van der Waals surface area contributed by atoms with E-state index in [1.54, 1.807) is 0 Å². The van der Waals surface area contributed by atoms with Crippen molar-refractivity contribution in [1.29, 1.82) is 0 Å². The number of rotatable bonds is 3. The monoisotopic (exact) mass is 442 g/mol. The molecule has 0 aliphatic heterocycles. The largest absolute Gasteiger partial charge is 0.140 e. The average molecular weight is 442 g/mol. The number of hydrogen-bond acceptors (Lipinski definition) is 0. The molecular weight excluding hydrogens is 419 g/mol. The van der Waals surface area contributed by atoms with Crippen molar-refractivity contribution in [3.63, 3.8) is 0 Å². The van der Waals surface area contributed by atoms with E-state index in [4.69, 9.17) is 0 Å². The van der Waals surface area contributed by atoms with Gasteiger partial charge in [-0.2, -0.15) is 0 Å². The second-order valence-electron chi connectivity index (χ2n) is 9.38. The third kappa shape index (κ3) is 3.09. The molecule has 0 saturated heterocycles. The first-order chi connectivity index (χ1) is 17.3. The van der Waals surface area contributed by atoms with Crippen LogP contribution in [0.5, 0.6) is 0 Å². The fraction of sp³-hybridized carbons (Fsp3) is 0. The van der Waals surface area contributed by atoms with E-state index in [0.29, 0.717) is 0 Å². The summed E-state index contributed by atoms with van der Waals surface area (Å²) in [5.74, 6) is 0. The lowest BCUT2D eigenvalue weighted by atomic mass is 9.79. The van der Waals surface area contributed by atoms with Gasteiger partial charge < -0.3 is 0 Å². The van der Waals surface area contributed by atoms with Gasteiger partial charge in [0.2, 0.25) is 0 Å². The Hall–Kier alpha value is -4.36. The number of hydrogen-bond donors (Lipinski definition) is 0. The highest BCUT2D eigenvalue weighted by molar-refractivity contribution is 6.44. The van der Waals surface area contributed by atoms with Crippen molar-refractivity contribution >= 4 is 45.6 Å². The van der Waals surface area contributed by atoms with Crippen LogP contribution >= 0.6 is 0 Å². The van der Waals surface area contributed by atoms with Gasteiger partial charge in [-0.3, -0.25) is 0 Å². The van der Waals surface area contributed by atoms with E-state index in [-0.39, 0.29) is 0 Å². The normalized spacial score (nSPS) is 11.5. The zero-order valence-corrected chi connectivity index (χ0v) is 19.6. The zero-order valence-electron chi connectivity index (χ0n) is 19.6. The lowest BCUT2D eigenvalue weighted by molar-refractivity contribution is 1.63. The van der Waals surface area contributed by atoms with Crippen molar-refractivity contribution in [2.75, 3.05) is 0 Å². The maximum absolute atomic E-state index is 2.39. The molecular formula is C34H23B. The fourth-order valence-electron chi connectivity index (χ4n) is 5.74. The van der Waals surface area contributed by atoms with Crippen LogP contribution in [0.15, 0.2) is 127 Å². The maximum atomic E-state index is 2.39. The third-order valence-corrected chi connectivity index (χ3v) is 7.36. The summed E-state index contributed by atoms with van der Waals surface area (Å²) >= 11 is 0. The second kappa shape index (κ2) is 7.86. The van der Waals surface area contributed by atoms with Crippen molar-refractivity contribution < 1.29 is 0 Å². The van der Waals surface area contributed by atoms with Crippen LogP contribution in [-0.2, 0) is 0 Å². The summed E-state index contributed by atoms with van der Waals surface area (Å²) in [7, 11) is 2.24. The average Bonchev–Trinajstić information content (AvgIpc) is 2.93. The van der Waals surface area contributed by atoms with Gasteiger partial charge in [-0.15, -0.1) is 0 Å². The first kappa shape index (κ1) is 20.1. The minimum atomic E-state index is 1.25. The quantitative estimate of drug-likeness (QED) is 0.193. The Bertz CT molecular complexity index is 1760. The van der Waals surface area contributed by atoms with Crippen molar-refractivity contribution in [3.8, 4) is 33.4 Å². The molecule has 7 aromatic rings. The van der Waals surface area contributed by atoms with E-state index in [9.17, 15) is 0 Å². The molecule has 0 nitrogen and oxygen atoms in total. The maximum Gasteiger partial charge on any atom is 0.140 e. The Balaban J connectivity index is 1.70. The SMILES string of the molecule is Bc1cc(-c2ccccc2)c2ccc3c(-c4ccccc4)cc(-c4ccccc4)c4ccc1c2c43. The fourth-order valence-corrected chi connectivity index (χ4v) is 5.74. The summed E-state index contributed by atoms with van der Waals surface area (Å²) < 4.78 is 0. The van der Waals surface area contributed by atoms with Crippen LogP contribution in [0.1, 0.15) is 0 Å². The Morgan fingerprint density at radius 3 is 1.11 bits per heavy atom. The van der Waals surface area contributed by atoms with Gasteiger partial charge >= 0.3 is 0 Å². The van der Waals surface area contributed by atoms with Crippen molar-refractivity contribution in [2.24, 2.45) is 0 Å². The van der Waals surface area contributed by atoms with Gasteiger partial charge in [0, 0.05) is 0 Å². The van der Waals surface area contributed by atoms with E-state index in [2.05, 4.69) is 135 Å². The minimum Gasteiger partial charge on any atom is -0.0806 e. The van der Waals surface area contributed by atoms with Crippen LogP contribution in [0.3, 0.4) is 0 Å². The van der Waals surface area contributed by atoms with E-state index in [1.165, 1.54) is 71.2 Å². The van der Waals surface area contributed by atoms with E-state index in [1.807, 2.05) is 0 Å². The molecule has 0 radical (unpaired) electrons. The molecule has 0 bridgehead atoms. The Morgan fingerprint density at radius 1 is 0.343 bits per heavy atom. The van der Waals surface area contributed by atoms with Crippen LogP contribution in [0, 0.1) is 0 Å². The smallest absolute Gasteiger partial charge is 0.0806 e. The van der Waals surface area contributed by atoms with Crippen molar-refractivity contribution in [3.05, 3.63) is 127 Å². The van der Waals surface area contributed by atoms with Crippen molar-refractivity contribution in [1.82, 2.24) is 0 Å². The molecule has 7 aromatic carbocycles. The highest BCUT2D eigenvalue weighted by Crippen LogP contribution is 2.45. The molecule has 0 N–H and O–H groups in total. The van der Waals surface area contributed by atoms with Crippen LogP contribution in [0.25, 0.3) is 65.7 Å². The predicted molar refractivity (Wildman–Crippen MR) is 155 cm³/mol. The molecule has 0 amide bonds. The topological polar surface area (TPSA) is 0 Å². The Kier molecular flexibility index (Phi) is 4.50. The Labute approximate surface area is 206 Å². The predicted octanol–water partition coefficient (Wildman–Crippen LogP) is 7.84. The summed E-state index contributed by atoms with van der Waals surface area (Å²) in [6, 6.07) is 46.4. The number of benzene rings is 7. The van der Waals surface area contributed by atoms with Gasteiger partial charge in [-0.25, -0.2) is 0 Å². The summed E-state index contributed by atoms with van der Waals surface area (Å²) in [5.41, 5.74) is 8.96. The molecule has 162 valence electrons. The highest BCUT2D eigenvalue weighted by atomic mass is 14.2. The molecule has 0 unspecified atom stereocenters. The summed E-state index contributed by atoms with van der Waals surface area (Å²) in [6.07, 6.45) is 0. The zero-order chi connectivity index (χ0) is 23.4. The van der Waals surface area contributed by atoms with E-state index >= 15 is 0 Å². The van der Waals surface area contributed by atoms with E-state index < -0.39 is 0 Å². The molecule has 7 rings (SSSR count). The van der Waals surface area contributed by atoms with Crippen LogP contribution in [-0.4, -0.2) is 7.85 Å². The van der Waals surface area contributed by atoms with Gasteiger partial charge in [0.25, 0.3) is 0 Å². The lowest BCUT2D eigenvalue weighted by Gasteiger charge is -2.20. The van der Waals surface area contributed by atoms with Gasteiger partial charge in [-0.05, 0) is 71.8 Å². The Morgan fingerprint density at radius 2 is 0.686 bits per heavy atom. The molecule has 0 heterocycles. The molecule has 0 aliphatic rings. The molecule has 0 spiro atoms. The molecule has 0 fully saturated rings. The second-order valence-corrected chi connectivity index (χ2v) is 9.38.